The van der Waals surface area contributed by atoms with Crippen LogP contribution in [0.1, 0.15) is 18.4 Å². The summed E-state index contributed by atoms with van der Waals surface area (Å²) in [4.78, 5) is 2.45. The molecule has 1 aliphatic heterocycles. The molecule has 0 amide bonds. The van der Waals surface area contributed by atoms with E-state index in [1.807, 2.05) is 30.3 Å². The Hall–Kier alpha value is -1.47. The Kier molecular flexibility index (Phi) is 5.25. The molecule has 1 unspecified atom stereocenters. The van der Waals surface area contributed by atoms with E-state index in [1.54, 1.807) is 4.31 Å². The first-order chi connectivity index (χ1) is 12.9. The van der Waals surface area contributed by atoms with Gasteiger partial charge in [-0.25, -0.2) is 12.8 Å². The van der Waals surface area contributed by atoms with Gasteiger partial charge in [-0.1, -0.05) is 41.9 Å². The van der Waals surface area contributed by atoms with Crippen LogP contribution in [0.2, 0.25) is 5.02 Å². The number of hydrogen-bond donors (Lipinski definition) is 0. The van der Waals surface area contributed by atoms with Gasteiger partial charge in [0.15, 0.2) is 0 Å². The van der Waals surface area contributed by atoms with Gasteiger partial charge in [0, 0.05) is 31.7 Å². The van der Waals surface area contributed by atoms with Crippen LogP contribution >= 0.6 is 11.6 Å². The van der Waals surface area contributed by atoms with Crippen LogP contribution in [0.5, 0.6) is 0 Å². The second-order valence-corrected chi connectivity index (χ2v) is 9.56. The summed E-state index contributed by atoms with van der Waals surface area (Å²) in [5.41, 5.74) is 1.11. The van der Waals surface area contributed by atoms with Gasteiger partial charge in [0.1, 0.15) is 5.82 Å². The van der Waals surface area contributed by atoms with Crippen LogP contribution in [-0.2, 0) is 16.4 Å². The summed E-state index contributed by atoms with van der Waals surface area (Å²) in [5, 5.41) is -0.174. The SMILES string of the molecule is O=S(=O)(c1ccc(F)c(Cl)c1)N1CCN(C2CC2)CC1Cc1ccccc1. The molecule has 1 heterocycles. The van der Waals surface area contributed by atoms with Crippen LogP contribution in [0.3, 0.4) is 0 Å². The Labute approximate surface area is 164 Å². The zero-order valence-electron chi connectivity index (χ0n) is 14.9. The molecule has 0 spiro atoms. The summed E-state index contributed by atoms with van der Waals surface area (Å²) in [7, 11) is -3.74. The molecule has 1 saturated heterocycles. The largest absolute Gasteiger partial charge is 0.297 e. The molecule has 2 aromatic carbocycles. The molecule has 2 aliphatic rings. The van der Waals surface area contributed by atoms with E-state index in [-0.39, 0.29) is 16.0 Å². The third kappa shape index (κ3) is 4.04. The predicted molar refractivity (Wildman–Crippen MR) is 104 cm³/mol. The first kappa shape index (κ1) is 18.9. The molecule has 2 fully saturated rings. The molecule has 144 valence electrons. The van der Waals surface area contributed by atoms with Crippen molar-refractivity contribution in [1.82, 2.24) is 9.21 Å². The Balaban J connectivity index is 1.63. The van der Waals surface area contributed by atoms with Crippen molar-refractivity contribution in [3.05, 3.63) is 64.9 Å². The quantitative estimate of drug-likeness (QED) is 0.759. The fraction of sp³-hybridized carbons (Fsp3) is 0.400. The summed E-state index contributed by atoms with van der Waals surface area (Å²) in [6.07, 6.45) is 3.04. The highest BCUT2D eigenvalue weighted by atomic mass is 35.5. The van der Waals surface area contributed by atoms with Gasteiger partial charge >= 0.3 is 0 Å². The van der Waals surface area contributed by atoms with E-state index in [4.69, 9.17) is 11.6 Å². The van der Waals surface area contributed by atoms with E-state index in [0.29, 0.717) is 25.6 Å². The van der Waals surface area contributed by atoms with Crippen molar-refractivity contribution in [1.29, 1.82) is 0 Å². The van der Waals surface area contributed by atoms with Crippen molar-refractivity contribution in [2.75, 3.05) is 19.6 Å². The van der Waals surface area contributed by atoms with Crippen molar-refractivity contribution in [2.24, 2.45) is 0 Å². The smallest absolute Gasteiger partial charge is 0.243 e. The topological polar surface area (TPSA) is 40.6 Å². The summed E-state index contributed by atoms with van der Waals surface area (Å²) in [5.74, 6) is -0.616. The van der Waals surface area contributed by atoms with Crippen LogP contribution in [0.15, 0.2) is 53.4 Å². The lowest BCUT2D eigenvalue weighted by atomic mass is 10.0. The molecule has 1 saturated carbocycles. The summed E-state index contributed by atoms with van der Waals surface area (Å²) >= 11 is 5.83. The van der Waals surface area contributed by atoms with E-state index in [1.165, 1.54) is 25.0 Å². The van der Waals surface area contributed by atoms with Gasteiger partial charge in [0.05, 0.1) is 9.92 Å². The Morgan fingerprint density at radius 1 is 1.07 bits per heavy atom. The van der Waals surface area contributed by atoms with E-state index in [0.717, 1.165) is 18.2 Å². The van der Waals surface area contributed by atoms with Crippen molar-refractivity contribution < 1.29 is 12.8 Å². The monoisotopic (exact) mass is 408 g/mol. The first-order valence-electron chi connectivity index (χ1n) is 9.20. The fourth-order valence-electron chi connectivity index (χ4n) is 3.78. The van der Waals surface area contributed by atoms with Crippen LogP contribution in [0.25, 0.3) is 0 Å². The third-order valence-electron chi connectivity index (χ3n) is 5.34. The minimum Gasteiger partial charge on any atom is -0.297 e. The Morgan fingerprint density at radius 2 is 1.81 bits per heavy atom. The molecule has 7 heteroatoms. The van der Waals surface area contributed by atoms with Gasteiger partial charge in [0.2, 0.25) is 10.0 Å². The van der Waals surface area contributed by atoms with Crippen molar-refractivity contribution >= 4 is 21.6 Å². The Bertz CT molecular complexity index is 919. The van der Waals surface area contributed by atoms with Crippen LogP contribution in [-0.4, -0.2) is 49.3 Å². The number of benzene rings is 2. The maximum atomic E-state index is 13.5. The summed E-state index contributed by atoms with van der Waals surface area (Å²) in [6.45, 7) is 1.88. The van der Waals surface area contributed by atoms with E-state index < -0.39 is 15.8 Å². The minimum absolute atomic E-state index is 0.0480. The number of rotatable bonds is 5. The molecule has 0 N–H and O–H groups in total. The summed E-state index contributed by atoms with van der Waals surface area (Å²) < 4.78 is 41.6. The van der Waals surface area contributed by atoms with Crippen molar-refractivity contribution in [3.63, 3.8) is 0 Å². The fourth-order valence-corrected chi connectivity index (χ4v) is 5.65. The zero-order valence-corrected chi connectivity index (χ0v) is 16.5. The van der Waals surface area contributed by atoms with Gasteiger partial charge in [-0.3, -0.25) is 4.90 Å². The van der Waals surface area contributed by atoms with Crippen molar-refractivity contribution in [2.45, 2.75) is 36.2 Å². The molecule has 1 aliphatic carbocycles. The Morgan fingerprint density at radius 3 is 2.48 bits per heavy atom. The second-order valence-electron chi connectivity index (χ2n) is 7.26. The molecule has 27 heavy (non-hydrogen) atoms. The van der Waals surface area contributed by atoms with Gasteiger partial charge in [-0.15, -0.1) is 0 Å². The van der Waals surface area contributed by atoms with E-state index in [2.05, 4.69) is 4.90 Å². The molecule has 0 radical (unpaired) electrons. The number of piperazine rings is 1. The highest BCUT2D eigenvalue weighted by Crippen LogP contribution is 2.32. The predicted octanol–water partition coefficient (Wildman–Crippen LogP) is 3.56. The lowest BCUT2D eigenvalue weighted by molar-refractivity contribution is 0.128. The number of halogens is 2. The highest BCUT2D eigenvalue weighted by molar-refractivity contribution is 7.89. The first-order valence-corrected chi connectivity index (χ1v) is 11.0. The zero-order chi connectivity index (χ0) is 19.0. The third-order valence-corrected chi connectivity index (χ3v) is 7.57. The number of nitrogens with zero attached hydrogens (tertiary/aromatic N) is 2. The maximum absolute atomic E-state index is 13.5. The molecule has 1 atom stereocenters. The van der Waals surface area contributed by atoms with E-state index in [9.17, 15) is 12.8 Å². The second kappa shape index (κ2) is 7.51. The molecule has 2 aromatic rings. The molecule has 4 nitrogen and oxygen atoms in total. The van der Waals surface area contributed by atoms with Crippen molar-refractivity contribution in [3.8, 4) is 0 Å². The molecule has 0 aromatic heterocycles. The average molecular weight is 409 g/mol. The highest BCUT2D eigenvalue weighted by Gasteiger charge is 2.40. The lowest BCUT2D eigenvalue weighted by Gasteiger charge is -2.41. The molecular formula is C20H22ClFN2O2S. The molecular weight excluding hydrogens is 387 g/mol. The average Bonchev–Trinajstić information content (AvgIpc) is 3.50. The number of sulfonamides is 1. The normalized spacial score (nSPS) is 22.1. The standard InChI is InChI=1S/C20H22ClFN2O2S/c21-19-13-18(8-9-20(19)22)27(25,26)24-11-10-23(16-6-7-16)14-17(24)12-15-4-2-1-3-5-15/h1-5,8-9,13,16-17H,6-7,10-12,14H2. The van der Waals surface area contributed by atoms with E-state index >= 15 is 0 Å². The van der Waals surface area contributed by atoms with Gasteiger partial charge < -0.3 is 0 Å². The minimum atomic E-state index is -3.74. The molecule has 4 rings (SSSR count). The van der Waals surface area contributed by atoms with Crippen LogP contribution in [0, 0.1) is 5.82 Å². The van der Waals surface area contributed by atoms with Gasteiger partial charge in [0.25, 0.3) is 0 Å². The molecule has 0 bridgehead atoms. The van der Waals surface area contributed by atoms with Crippen LogP contribution < -0.4 is 0 Å². The van der Waals surface area contributed by atoms with Gasteiger partial charge in [-0.2, -0.15) is 4.31 Å². The number of hydrogen-bond acceptors (Lipinski definition) is 3. The van der Waals surface area contributed by atoms with Crippen LogP contribution in [0.4, 0.5) is 4.39 Å². The van der Waals surface area contributed by atoms with Gasteiger partial charge in [-0.05, 0) is 43.0 Å². The lowest BCUT2D eigenvalue weighted by Crippen LogP contribution is -2.56. The maximum Gasteiger partial charge on any atom is 0.243 e. The summed E-state index contributed by atoms with van der Waals surface area (Å²) in [6, 6.07) is 14.0.